The van der Waals surface area contributed by atoms with Crippen LogP contribution in [0.2, 0.25) is 0 Å². The summed E-state index contributed by atoms with van der Waals surface area (Å²) in [6.45, 7) is 0.265. The third-order valence-electron chi connectivity index (χ3n) is 5.24. The molecule has 2 aliphatic rings. The van der Waals surface area contributed by atoms with Gasteiger partial charge in [-0.3, -0.25) is 9.48 Å². The van der Waals surface area contributed by atoms with Crippen LogP contribution in [-0.2, 0) is 34.7 Å². The van der Waals surface area contributed by atoms with Gasteiger partial charge in [-0.15, -0.1) is 0 Å². The highest BCUT2D eigenvalue weighted by Crippen LogP contribution is 2.30. The number of sulfonamides is 1. The standard InChI is InChI=1S/C18H21FN4O3S/c1-22-17(14-4-2-5-15(14)21-22)20-18(24)16-6-3-11-23(16)27(25,26)13-9-7-12(19)8-10-13/h7-10,16H,2-6,11H2,1H3,(H,20,24)/t16-/m1/s1. The Labute approximate surface area is 157 Å². The van der Waals surface area contributed by atoms with Gasteiger partial charge in [0.05, 0.1) is 10.6 Å². The summed E-state index contributed by atoms with van der Waals surface area (Å²) in [6, 6.07) is 3.89. The van der Waals surface area contributed by atoms with Gasteiger partial charge in [0.1, 0.15) is 17.7 Å². The van der Waals surface area contributed by atoms with E-state index in [1.807, 2.05) is 0 Å². The van der Waals surface area contributed by atoms with Crippen LogP contribution in [0.25, 0.3) is 0 Å². The average molecular weight is 392 g/mol. The van der Waals surface area contributed by atoms with Crippen molar-refractivity contribution in [2.45, 2.75) is 43.0 Å². The molecule has 1 amide bonds. The van der Waals surface area contributed by atoms with Gasteiger partial charge in [0.2, 0.25) is 15.9 Å². The molecule has 1 aromatic carbocycles. The molecule has 0 radical (unpaired) electrons. The molecule has 1 aliphatic carbocycles. The highest BCUT2D eigenvalue weighted by atomic mass is 32.2. The molecule has 7 nitrogen and oxygen atoms in total. The maximum absolute atomic E-state index is 13.1. The number of halogens is 1. The van der Waals surface area contributed by atoms with Crippen LogP contribution in [0.15, 0.2) is 29.2 Å². The lowest BCUT2D eigenvalue weighted by molar-refractivity contribution is -0.119. The minimum atomic E-state index is -3.87. The summed E-state index contributed by atoms with van der Waals surface area (Å²) >= 11 is 0. The molecule has 0 bridgehead atoms. The summed E-state index contributed by atoms with van der Waals surface area (Å²) in [5, 5.41) is 7.32. The van der Waals surface area contributed by atoms with Gasteiger partial charge in [-0.05, 0) is 56.4 Å². The molecule has 0 unspecified atom stereocenters. The Kier molecular flexibility index (Phi) is 4.51. The van der Waals surface area contributed by atoms with Crippen molar-refractivity contribution in [1.82, 2.24) is 14.1 Å². The third kappa shape index (κ3) is 3.14. The molecule has 1 aromatic heterocycles. The maximum Gasteiger partial charge on any atom is 0.243 e. The fraction of sp³-hybridized carbons (Fsp3) is 0.444. The van der Waals surface area contributed by atoms with Crippen LogP contribution < -0.4 is 5.32 Å². The normalized spacial score (nSPS) is 20.0. The Bertz CT molecular complexity index is 985. The fourth-order valence-electron chi connectivity index (χ4n) is 3.91. The van der Waals surface area contributed by atoms with Gasteiger partial charge in [-0.25, -0.2) is 12.8 Å². The van der Waals surface area contributed by atoms with Gasteiger partial charge in [-0.2, -0.15) is 9.40 Å². The van der Waals surface area contributed by atoms with Gasteiger partial charge in [0, 0.05) is 19.2 Å². The largest absolute Gasteiger partial charge is 0.309 e. The van der Waals surface area contributed by atoms with Gasteiger partial charge in [0.15, 0.2) is 0 Å². The minimum Gasteiger partial charge on any atom is -0.309 e. The summed E-state index contributed by atoms with van der Waals surface area (Å²) in [7, 11) is -2.09. The molecule has 1 saturated heterocycles. The second-order valence-corrected chi connectivity index (χ2v) is 8.86. The number of aromatic nitrogens is 2. The quantitative estimate of drug-likeness (QED) is 0.861. The monoisotopic (exact) mass is 392 g/mol. The molecular formula is C18H21FN4O3S. The molecule has 2 aromatic rings. The van der Waals surface area contributed by atoms with E-state index in [0.29, 0.717) is 18.7 Å². The number of anilines is 1. The Morgan fingerprint density at radius 2 is 1.96 bits per heavy atom. The van der Waals surface area contributed by atoms with Crippen molar-refractivity contribution in [1.29, 1.82) is 0 Å². The summed E-state index contributed by atoms with van der Waals surface area (Å²) in [6.07, 6.45) is 3.82. The summed E-state index contributed by atoms with van der Waals surface area (Å²) < 4.78 is 41.8. The second-order valence-electron chi connectivity index (χ2n) is 6.97. The molecule has 1 N–H and O–H groups in total. The number of aryl methyl sites for hydroxylation is 2. The molecule has 0 spiro atoms. The molecule has 27 heavy (non-hydrogen) atoms. The topological polar surface area (TPSA) is 84.3 Å². The van der Waals surface area contributed by atoms with Gasteiger partial charge < -0.3 is 5.32 Å². The highest BCUT2D eigenvalue weighted by molar-refractivity contribution is 7.89. The molecular weight excluding hydrogens is 371 g/mol. The summed E-state index contributed by atoms with van der Waals surface area (Å²) in [5.74, 6) is -0.204. The van der Waals surface area contributed by atoms with E-state index in [9.17, 15) is 17.6 Å². The number of carbonyl (C=O) groups excluding carboxylic acids is 1. The van der Waals surface area contributed by atoms with Crippen molar-refractivity contribution in [3.63, 3.8) is 0 Å². The van der Waals surface area contributed by atoms with E-state index in [0.717, 1.165) is 42.7 Å². The SMILES string of the molecule is Cn1nc2c(c1NC(=O)[C@H]1CCCN1S(=O)(=O)c1ccc(F)cc1)CCC2. The lowest BCUT2D eigenvalue weighted by atomic mass is 10.2. The summed E-state index contributed by atoms with van der Waals surface area (Å²) in [5.41, 5.74) is 2.03. The Hall–Kier alpha value is -2.26. The van der Waals surface area contributed by atoms with E-state index in [-0.39, 0.29) is 17.3 Å². The first-order valence-corrected chi connectivity index (χ1v) is 10.4. The lowest BCUT2D eigenvalue weighted by Gasteiger charge is -2.23. The van der Waals surface area contributed by atoms with Crippen LogP contribution in [0.3, 0.4) is 0 Å². The predicted octanol–water partition coefficient (Wildman–Crippen LogP) is 1.84. The molecule has 0 saturated carbocycles. The number of benzene rings is 1. The Morgan fingerprint density at radius 3 is 2.70 bits per heavy atom. The van der Waals surface area contributed by atoms with Gasteiger partial charge >= 0.3 is 0 Å². The van der Waals surface area contributed by atoms with Crippen molar-refractivity contribution >= 4 is 21.7 Å². The Balaban J connectivity index is 1.58. The zero-order valence-electron chi connectivity index (χ0n) is 15.0. The van der Waals surface area contributed by atoms with Crippen molar-refractivity contribution < 1.29 is 17.6 Å². The van der Waals surface area contributed by atoms with Gasteiger partial charge in [-0.1, -0.05) is 0 Å². The van der Waals surface area contributed by atoms with Crippen LogP contribution in [-0.4, -0.2) is 41.0 Å². The Morgan fingerprint density at radius 1 is 1.22 bits per heavy atom. The number of fused-ring (bicyclic) bond motifs is 1. The third-order valence-corrected chi connectivity index (χ3v) is 7.16. The zero-order chi connectivity index (χ0) is 19.2. The number of hydrogen-bond donors (Lipinski definition) is 1. The predicted molar refractivity (Wildman–Crippen MR) is 97.2 cm³/mol. The maximum atomic E-state index is 13.1. The molecule has 1 atom stereocenters. The first kappa shape index (κ1) is 18.1. The minimum absolute atomic E-state index is 0.00924. The van der Waals surface area contributed by atoms with Crippen LogP contribution >= 0.6 is 0 Å². The number of carbonyl (C=O) groups is 1. The van der Waals surface area contributed by atoms with E-state index in [1.54, 1.807) is 11.7 Å². The van der Waals surface area contributed by atoms with Crippen molar-refractivity contribution in [2.24, 2.45) is 7.05 Å². The fourth-order valence-corrected chi connectivity index (χ4v) is 5.56. The number of hydrogen-bond acceptors (Lipinski definition) is 4. The highest BCUT2D eigenvalue weighted by Gasteiger charge is 2.40. The molecule has 1 aliphatic heterocycles. The van der Waals surface area contributed by atoms with Crippen LogP contribution in [0.5, 0.6) is 0 Å². The first-order valence-electron chi connectivity index (χ1n) is 9.01. The number of nitrogens with zero attached hydrogens (tertiary/aromatic N) is 3. The van der Waals surface area contributed by atoms with E-state index >= 15 is 0 Å². The molecule has 144 valence electrons. The molecule has 2 heterocycles. The number of nitrogens with one attached hydrogen (secondary N) is 1. The van der Waals surface area contributed by atoms with Crippen molar-refractivity contribution in [3.8, 4) is 0 Å². The summed E-state index contributed by atoms with van der Waals surface area (Å²) in [4.78, 5) is 12.9. The van der Waals surface area contributed by atoms with E-state index in [2.05, 4.69) is 10.4 Å². The van der Waals surface area contributed by atoms with Crippen molar-refractivity contribution in [2.75, 3.05) is 11.9 Å². The molecule has 9 heteroatoms. The zero-order valence-corrected chi connectivity index (χ0v) is 15.8. The molecule has 1 fully saturated rings. The lowest BCUT2D eigenvalue weighted by Crippen LogP contribution is -2.43. The average Bonchev–Trinajstić information content (AvgIpc) is 3.34. The second kappa shape index (κ2) is 6.72. The van der Waals surface area contributed by atoms with Crippen LogP contribution in [0.1, 0.15) is 30.5 Å². The van der Waals surface area contributed by atoms with E-state index in [4.69, 9.17) is 0 Å². The van der Waals surface area contributed by atoms with Crippen molar-refractivity contribution in [3.05, 3.63) is 41.3 Å². The number of amides is 1. The van der Waals surface area contributed by atoms with Gasteiger partial charge in [0.25, 0.3) is 0 Å². The van der Waals surface area contributed by atoms with Crippen LogP contribution in [0, 0.1) is 5.82 Å². The number of rotatable bonds is 4. The smallest absolute Gasteiger partial charge is 0.243 e. The van der Waals surface area contributed by atoms with E-state index in [1.165, 1.54) is 16.4 Å². The van der Waals surface area contributed by atoms with E-state index < -0.39 is 21.9 Å². The molecule has 4 rings (SSSR count). The first-order chi connectivity index (χ1) is 12.9. The van der Waals surface area contributed by atoms with Crippen LogP contribution in [0.4, 0.5) is 10.2 Å².